The van der Waals surface area contributed by atoms with Gasteiger partial charge in [-0.2, -0.15) is 0 Å². The molecule has 19 heavy (non-hydrogen) atoms. The highest BCUT2D eigenvalue weighted by molar-refractivity contribution is 8.23. The maximum atomic E-state index is 10.9. The highest BCUT2D eigenvalue weighted by atomic mass is 32.2. The monoisotopic (exact) mass is 298 g/mol. The Bertz CT molecular complexity index is 414. The number of ketones is 1. The summed E-state index contributed by atoms with van der Waals surface area (Å²) >= 11 is 7.01. The SMILES string of the molecule is CSC(=S)C1=C(NCCN/C(C)=C\C(C)=O)CCC1. The van der Waals surface area contributed by atoms with Crippen LogP contribution in [-0.2, 0) is 4.79 Å². The second-order valence-electron chi connectivity index (χ2n) is 4.59. The van der Waals surface area contributed by atoms with Crippen molar-refractivity contribution < 1.29 is 4.79 Å². The minimum Gasteiger partial charge on any atom is -0.387 e. The third kappa shape index (κ3) is 5.78. The van der Waals surface area contributed by atoms with Crippen LogP contribution in [0.15, 0.2) is 23.0 Å². The molecule has 0 fully saturated rings. The average molecular weight is 298 g/mol. The summed E-state index contributed by atoms with van der Waals surface area (Å²) in [5.41, 5.74) is 3.53. The van der Waals surface area contributed by atoms with Crippen LogP contribution in [0, 0.1) is 0 Å². The summed E-state index contributed by atoms with van der Waals surface area (Å²) in [5.74, 6) is 0.0732. The molecule has 1 rings (SSSR count). The van der Waals surface area contributed by atoms with Crippen LogP contribution in [0.2, 0.25) is 0 Å². The van der Waals surface area contributed by atoms with E-state index in [1.807, 2.05) is 13.2 Å². The summed E-state index contributed by atoms with van der Waals surface area (Å²) in [6.07, 6.45) is 7.03. The number of nitrogens with one attached hydrogen (secondary N) is 2. The number of carbonyl (C=O) groups excluding carboxylic acids is 1. The molecule has 0 saturated heterocycles. The van der Waals surface area contributed by atoms with Crippen molar-refractivity contribution in [3.63, 3.8) is 0 Å². The van der Waals surface area contributed by atoms with Crippen LogP contribution in [0.25, 0.3) is 0 Å². The van der Waals surface area contributed by atoms with E-state index in [4.69, 9.17) is 12.2 Å². The number of carbonyl (C=O) groups is 1. The Hall–Kier alpha value is -0.810. The number of rotatable bonds is 7. The summed E-state index contributed by atoms with van der Waals surface area (Å²) < 4.78 is 1.01. The topological polar surface area (TPSA) is 41.1 Å². The summed E-state index contributed by atoms with van der Waals surface area (Å²) in [6, 6.07) is 0. The first-order valence-corrected chi connectivity index (χ1v) is 8.15. The van der Waals surface area contributed by atoms with Crippen LogP contribution in [0.5, 0.6) is 0 Å². The number of thioether (sulfide) groups is 1. The van der Waals surface area contributed by atoms with Gasteiger partial charge in [0.1, 0.15) is 0 Å². The van der Waals surface area contributed by atoms with E-state index < -0.39 is 0 Å². The van der Waals surface area contributed by atoms with Crippen LogP contribution in [-0.4, -0.2) is 29.3 Å². The number of hydrogen-bond acceptors (Lipinski definition) is 5. The Labute approximate surface area is 125 Å². The van der Waals surface area contributed by atoms with Crippen molar-refractivity contribution >= 4 is 34.0 Å². The lowest BCUT2D eigenvalue weighted by atomic mass is 10.2. The first-order valence-electron chi connectivity index (χ1n) is 6.51. The zero-order valence-corrected chi connectivity index (χ0v) is 13.5. The van der Waals surface area contributed by atoms with Crippen LogP contribution >= 0.6 is 24.0 Å². The van der Waals surface area contributed by atoms with E-state index in [1.165, 1.54) is 17.7 Å². The minimum absolute atomic E-state index is 0.0732. The van der Waals surface area contributed by atoms with Crippen LogP contribution in [0.1, 0.15) is 33.1 Å². The predicted octanol–water partition coefficient (Wildman–Crippen LogP) is 2.79. The molecular formula is C14H22N2OS2. The molecule has 0 atom stereocenters. The zero-order chi connectivity index (χ0) is 14.3. The molecule has 3 nitrogen and oxygen atoms in total. The van der Waals surface area contributed by atoms with E-state index in [0.717, 1.165) is 35.8 Å². The van der Waals surface area contributed by atoms with Crippen LogP contribution in [0.3, 0.4) is 0 Å². The fourth-order valence-corrected chi connectivity index (χ4v) is 2.81. The highest BCUT2D eigenvalue weighted by Crippen LogP contribution is 2.28. The fourth-order valence-electron chi connectivity index (χ4n) is 2.12. The molecule has 1 aliphatic carbocycles. The zero-order valence-electron chi connectivity index (χ0n) is 11.8. The molecule has 0 heterocycles. The Morgan fingerprint density at radius 2 is 2.11 bits per heavy atom. The Morgan fingerprint density at radius 1 is 1.37 bits per heavy atom. The number of thiocarbonyl (C=S) groups is 1. The van der Waals surface area contributed by atoms with Gasteiger partial charge in [-0.05, 0) is 51.0 Å². The molecule has 5 heteroatoms. The smallest absolute Gasteiger partial charge is 0.154 e. The molecule has 0 saturated carbocycles. The fraction of sp³-hybridized carbons (Fsp3) is 0.571. The van der Waals surface area contributed by atoms with Gasteiger partial charge in [-0.25, -0.2) is 0 Å². The van der Waals surface area contributed by atoms with Crippen molar-refractivity contribution in [1.82, 2.24) is 10.6 Å². The van der Waals surface area contributed by atoms with E-state index in [1.54, 1.807) is 24.8 Å². The first kappa shape index (κ1) is 16.2. The van der Waals surface area contributed by atoms with Gasteiger partial charge in [-0.15, -0.1) is 11.8 Å². The Balaban J connectivity index is 2.37. The Kier molecular flexibility index (Phi) is 7.16. The van der Waals surface area contributed by atoms with Gasteiger partial charge in [0, 0.05) is 24.5 Å². The van der Waals surface area contributed by atoms with Crippen molar-refractivity contribution in [2.24, 2.45) is 0 Å². The van der Waals surface area contributed by atoms with E-state index in [0.29, 0.717) is 0 Å². The quantitative estimate of drug-likeness (QED) is 0.430. The third-order valence-electron chi connectivity index (χ3n) is 2.94. The van der Waals surface area contributed by atoms with Gasteiger partial charge in [-0.1, -0.05) is 12.2 Å². The molecule has 2 N–H and O–H groups in total. The summed E-state index contributed by atoms with van der Waals surface area (Å²) in [5, 5.41) is 6.67. The van der Waals surface area contributed by atoms with Crippen LogP contribution < -0.4 is 10.6 Å². The molecule has 0 aromatic carbocycles. The maximum Gasteiger partial charge on any atom is 0.154 e. The maximum absolute atomic E-state index is 10.9. The molecule has 0 radical (unpaired) electrons. The van der Waals surface area contributed by atoms with E-state index in [9.17, 15) is 4.79 Å². The lowest BCUT2D eigenvalue weighted by Gasteiger charge is -2.12. The molecule has 0 spiro atoms. The Morgan fingerprint density at radius 3 is 2.74 bits per heavy atom. The molecular weight excluding hydrogens is 276 g/mol. The molecule has 106 valence electrons. The van der Waals surface area contributed by atoms with Crippen molar-refractivity contribution in [2.75, 3.05) is 19.3 Å². The first-order chi connectivity index (χ1) is 9.04. The summed E-state index contributed by atoms with van der Waals surface area (Å²) in [4.78, 5) is 10.9. The third-order valence-corrected chi connectivity index (χ3v) is 4.30. The van der Waals surface area contributed by atoms with Crippen molar-refractivity contribution in [1.29, 1.82) is 0 Å². The lowest BCUT2D eigenvalue weighted by Crippen LogP contribution is -2.26. The van der Waals surface area contributed by atoms with E-state index in [-0.39, 0.29) is 5.78 Å². The largest absolute Gasteiger partial charge is 0.387 e. The highest BCUT2D eigenvalue weighted by Gasteiger charge is 2.17. The van der Waals surface area contributed by atoms with Gasteiger partial charge in [0.15, 0.2) is 5.78 Å². The van der Waals surface area contributed by atoms with Crippen molar-refractivity contribution in [3.8, 4) is 0 Å². The van der Waals surface area contributed by atoms with Gasteiger partial charge >= 0.3 is 0 Å². The molecule has 0 amide bonds. The molecule has 0 aromatic heterocycles. The molecule has 0 aliphatic heterocycles. The van der Waals surface area contributed by atoms with E-state index >= 15 is 0 Å². The van der Waals surface area contributed by atoms with Crippen LogP contribution in [0.4, 0.5) is 0 Å². The van der Waals surface area contributed by atoms with Gasteiger partial charge < -0.3 is 10.6 Å². The second-order valence-corrected chi connectivity index (χ2v) is 6.08. The summed E-state index contributed by atoms with van der Waals surface area (Å²) in [6.45, 7) is 5.12. The number of hydrogen-bond donors (Lipinski definition) is 2. The molecule has 0 unspecified atom stereocenters. The minimum atomic E-state index is 0.0732. The molecule has 0 aromatic rings. The normalized spacial score (nSPS) is 15.6. The summed E-state index contributed by atoms with van der Waals surface area (Å²) in [7, 11) is 0. The van der Waals surface area contributed by atoms with Crippen molar-refractivity contribution in [2.45, 2.75) is 33.1 Å². The van der Waals surface area contributed by atoms with Gasteiger partial charge in [0.05, 0.1) is 4.20 Å². The molecule has 1 aliphatic rings. The standard InChI is InChI=1S/C14H22N2OS2/c1-10(9-11(2)17)15-7-8-16-13-6-4-5-12(13)14(18)19-3/h9,15-16H,4-8H2,1-3H3/b10-9-. The average Bonchev–Trinajstić information content (AvgIpc) is 2.81. The van der Waals surface area contributed by atoms with Gasteiger partial charge in [0.25, 0.3) is 0 Å². The van der Waals surface area contributed by atoms with Crippen molar-refractivity contribution in [3.05, 3.63) is 23.0 Å². The molecule has 0 bridgehead atoms. The van der Waals surface area contributed by atoms with Gasteiger partial charge in [-0.3, -0.25) is 4.79 Å². The van der Waals surface area contributed by atoms with Gasteiger partial charge in [0.2, 0.25) is 0 Å². The van der Waals surface area contributed by atoms with E-state index in [2.05, 4.69) is 10.6 Å². The second kappa shape index (κ2) is 8.38. The number of allylic oxidation sites excluding steroid dienone is 3. The predicted molar refractivity (Wildman–Crippen MR) is 87.4 cm³/mol. The lowest BCUT2D eigenvalue weighted by molar-refractivity contribution is -0.112.